The standard InChI is InChI=1S/C26H36F2O2/c1-4-7-8-10-21-16-15-20-17-23(24(27)25(28)26(20)29-21)30-22(6-3)19-13-11-18(9-5-2)12-14-19/h3,17-19,21-22H,4-5,7-16H2,1-2H3. The van der Waals surface area contributed by atoms with Crippen molar-refractivity contribution in [1.29, 1.82) is 0 Å². The van der Waals surface area contributed by atoms with Gasteiger partial charge in [-0.3, -0.25) is 0 Å². The summed E-state index contributed by atoms with van der Waals surface area (Å²) in [4.78, 5) is 0. The predicted molar refractivity (Wildman–Crippen MR) is 117 cm³/mol. The van der Waals surface area contributed by atoms with Crippen LogP contribution < -0.4 is 9.47 Å². The molecule has 2 atom stereocenters. The second-order valence-corrected chi connectivity index (χ2v) is 9.04. The summed E-state index contributed by atoms with van der Waals surface area (Å²) in [7, 11) is 0. The molecule has 4 heteroatoms. The average molecular weight is 419 g/mol. The number of fused-ring (bicyclic) bond motifs is 1. The first-order valence-corrected chi connectivity index (χ1v) is 11.9. The van der Waals surface area contributed by atoms with Gasteiger partial charge in [0.15, 0.2) is 17.6 Å². The fourth-order valence-corrected chi connectivity index (χ4v) is 4.99. The maximum absolute atomic E-state index is 14.8. The van der Waals surface area contributed by atoms with E-state index in [-0.39, 0.29) is 23.5 Å². The molecule has 0 spiro atoms. The second-order valence-electron chi connectivity index (χ2n) is 9.04. The number of benzene rings is 1. The van der Waals surface area contributed by atoms with E-state index in [4.69, 9.17) is 15.9 Å². The molecule has 30 heavy (non-hydrogen) atoms. The van der Waals surface area contributed by atoms with Gasteiger partial charge >= 0.3 is 0 Å². The molecule has 0 aromatic heterocycles. The van der Waals surface area contributed by atoms with Gasteiger partial charge in [0.05, 0.1) is 6.10 Å². The van der Waals surface area contributed by atoms with Crippen molar-refractivity contribution >= 4 is 0 Å². The maximum atomic E-state index is 14.8. The number of rotatable bonds is 9. The molecule has 1 fully saturated rings. The van der Waals surface area contributed by atoms with Gasteiger partial charge in [-0.05, 0) is 50.5 Å². The number of hydrogen-bond acceptors (Lipinski definition) is 2. The largest absolute Gasteiger partial charge is 0.487 e. The van der Waals surface area contributed by atoms with Crippen molar-refractivity contribution in [2.24, 2.45) is 11.8 Å². The minimum absolute atomic E-state index is 0.0403. The monoisotopic (exact) mass is 418 g/mol. The average Bonchev–Trinajstić information content (AvgIpc) is 2.76. The van der Waals surface area contributed by atoms with Crippen LogP contribution in [0.1, 0.15) is 90.0 Å². The van der Waals surface area contributed by atoms with Crippen LogP contribution in [-0.4, -0.2) is 12.2 Å². The number of aryl methyl sites for hydroxylation is 1. The van der Waals surface area contributed by atoms with Crippen LogP contribution in [-0.2, 0) is 6.42 Å². The fourth-order valence-electron chi connectivity index (χ4n) is 4.99. The van der Waals surface area contributed by atoms with Crippen LogP contribution >= 0.6 is 0 Å². The minimum atomic E-state index is -0.983. The molecular weight excluding hydrogens is 382 g/mol. The molecule has 1 aliphatic heterocycles. The minimum Gasteiger partial charge on any atom is -0.487 e. The number of hydrogen-bond donors (Lipinski definition) is 0. The van der Waals surface area contributed by atoms with Crippen molar-refractivity contribution in [2.75, 3.05) is 0 Å². The smallest absolute Gasteiger partial charge is 0.204 e. The summed E-state index contributed by atoms with van der Waals surface area (Å²) in [6.45, 7) is 4.36. The first-order valence-electron chi connectivity index (χ1n) is 11.9. The van der Waals surface area contributed by atoms with Gasteiger partial charge in [-0.25, -0.2) is 0 Å². The molecule has 166 valence electrons. The number of ether oxygens (including phenoxy) is 2. The van der Waals surface area contributed by atoms with Crippen molar-refractivity contribution < 1.29 is 18.3 Å². The summed E-state index contributed by atoms with van der Waals surface area (Å²) >= 11 is 0. The van der Waals surface area contributed by atoms with Gasteiger partial charge in [0.1, 0.15) is 0 Å². The summed E-state index contributed by atoms with van der Waals surface area (Å²) in [5, 5.41) is 0. The molecule has 1 aromatic carbocycles. The summed E-state index contributed by atoms with van der Waals surface area (Å²) < 4.78 is 41.3. The molecule has 0 saturated heterocycles. The molecule has 0 amide bonds. The number of terminal acetylenes is 1. The molecule has 2 nitrogen and oxygen atoms in total. The first kappa shape index (κ1) is 22.9. The molecule has 0 N–H and O–H groups in total. The summed E-state index contributed by atoms with van der Waals surface area (Å²) in [5.41, 5.74) is 0.679. The third-order valence-corrected chi connectivity index (χ3v) is 6.79. The van der Waals surface area contributed by atoms with Crippen molar-refractivity contribution in [3.63, 3.8) is 0 Å². The van der Waals surface area contributed by atoms with Crippen LogP contribution in [0.4, 0.5) is 8.78 Å². The molecule has 1 saturated carbocycles. The van der Waals surface area contributed by atoms with Crippen molar-refractivity contribution in [2.45, 2.75) is 103 Å². The van der Waals surface area contributed by atoms with Crippen molar-refractivity contribution in [1.82, 2.24) is 0 Å². The Balaban J connectivity index is 1.67. The highest BCUT2D eigenvalue weighted by molar-refractivity contribution is 5.44. The van der Waals surface area contributed by atoms with Gasteiger partial charge < -0.3 is 9.47 Å². The van der Waals surface area contributed by atoms with E-state index in [0.29, 0.717) is 12.0 Å². The van der Waals surface area contributed by atoms with E-state index in [0.717, 1.165) is 63.7 Å². The molecule has 0 radical (unpaired) electrons. The molecule has 1 aromatic rings. The van der Waals surface area contributed by atoms with Crippen molar-refractivity contribution in [3.05, 3.63) is 23.3 Å². The highest BCUT2D eigenvalue weighted by Gasteiger charge is 2.31. The van der Waals surface area contributed by atoms with Crippen LogP contribution in [0.15, 0.2) is 6.07 Å². The quantitative estimate of drug-likeness (QED) is 0.311. The second kappa shape index (κ2) is 11.0. The first-order chi connectivity index (χ1) is 14.6. The van der Waals surface area contributed by atoms with Crippen molar-refractivity contribution in [3.8, 4) is 23.8 Å². The summed E-state index contributed by atoms with van der Waals surface area (Å²) in [5.74, 6) is 1.70. The molecule has 2 aliphatic rings. The van der Waals surface area contributed by atoms with E-state index >= 15 is 0 Å². The Labute approximate surface area is 180 Å². The molecule has 1 aliphatic carbocycles. The molecular formula is C26H36F2O2. The summed E-state index contributed by atoms with van der Waals surface area (Å²) in [6, 6.07) is 1.60. The Morgan fingerprint density at radius 1 is 1.07 bits per heavy atom. The number of unbranched alkanes of at least 4 members (excludes halogenated alkanes) is 2. The zero-order chi connectivity index (χ0) is 21.5. The van der Waals surface area contributed by atoms with Gasteiger partial charge in [-0.1, -0.05) is 58.3 Å². The van der Waals surface area contributed by atoms with E-state index in [2.05, 4.69) is 19.8 Å². The lowest BCUT2D eigenvalue weighted by molar-refractivity contribution is 0.125. The molecule has 3 rings (SSSR count). The van der Waals surface area contributed by atoms with E-state index in [1.807, 2.05) is 0 Å². The van der Waals surface area contributed by atoms with Gasteiger partial charge in [-0.2, -0.15) is 8.78 Å². The number of halogens is 2. The van der Waals surface area contributed by atoms with E-state index in [9.17, 15) is 8.78 Å². The normalized spacial score (nSPS) is 24.4. The lowest BCUT2D eigenvalue weighted by Gasteiger charge is -2.32. The lowest BCUT2D eigenvalue weighted by atomic mass is 9.78. The van der Waals surface area contributed by atoms with Crippen LogP contribution in [0.25, 0.3) is 0 Å². The fraction of sp³-hybridized carbons (Fsp3) is 0.692. The van der Waals surface area contributed by atoms with Gasteiger partial charge in [0.25, 0.3) is 0 Å². The van der Waals surface area contributed by atoms with Gasteiger partial charge in [-0.15, -0.1) is 6.42 Å². The topological polar surface area (TPSA) is 18.5 Å². The molecule has 2 unspecified atom stereocenters. The van der Waals surface area contributed by atoms with E-state index in [1.54, 1.807) is 6.07 Å². The van der Waals surface area contributed by atoms with Crippen LogP contribution in [0.5, 0.6) is 11.5 Å². The Bertz CT molecular complexity index is 732. The SMILES string of the molecule is C#CC(Oc1cc2c(c(F)c1F)OC(CCCCC)CC2)C1CCC(CCC)CC1. The zero-order valence-corrected chi connectivity index (χ0v) is 18.5. The Morgan fingerprint density at radius 2 is 1.83 bits per heavy atom. The molecule has 0 bridgehead atoms. The summed E-state index contributed by atoms with van der Waals surface area (Å²) in [6.07, 6.45) is 17.5. The van der Waals surface area contributed by atoms with E-state index < -0.39 is 17.7 Å². The highest BCUT2D eigenvalue weighted by Crippen LogP contribution is 2.39. The van der Waals surface area contributed by atoms with Gasteiger partial charge in [0.2, 0.25) is 11.6 Å². The Kier molecular flexibility index (Phi) is 8.42. The Hall–Kier alpha value is -1.76. The zero-order valence-electron chi connectivity index (χ0n) is 18.5. The maximum Gasteiger partial charge on any atom is 0.204 e. The molecule has 1 heterocycles. The predicted octanol–water partition coefficient (Wildman–Crippen LogP) is 7.23. The van der Waals surface area contributed by atoms with Crippen LogP contribution in [0.2, 0.25) is 0 Å². The lowest BCUT2D eigenvalue weighted by Crippen LogP contribution is -2.30. The third kappa shape index (κ3) is 5.48. The highest BCUT2D eigenvalue weighted by atomic mass is 19.2. The van der Waals surface area contributed by atoms with Crippen LogP contribution in [0.3, 0.4) is 0 Å². The Morgan fingerprint density at radius 3 is 2.50 bits per heavy atom. The van der Waals surface area contributed by atoms with Gasteiger partial charge in [0, 0.05) is 11.5 Å². The third-order valence-electron chi connectivity index (χ3n) is 6.79. The van der Waals surface area contributed by atoms with E-state index in [1.165, 1.54) is 12.8 Å². The van der Waals surface area contributed by atoms with Crippen LogP contribution in [0, 0.1) is 35.8 Å².